The molecule has 156 valence electrons. The lowest BCUT2D eigenvalue weighted by Gasteiger charge is -2.47. The molecule has 1 N–H and O–H groups in total. The highest BCUT2D eigenvalue weighted by atomic mass is 19.1. The molecule has 0 saturated carbocycles. The van der Waals surface area contributed by atoms with Gasteiger partial charge in [-0.3, -0.25) is 5.01 Å². The fraction of sp³-hybridized carbons (Fsp3) is 0.409. The summed E-state index contributed by atoms with van der Waals surface area (Å²) in [6.45, 7) is 4.81. The van der Waals surface area contributed by atoms with Crippen molar-refractivity contribution in [3.8, 4) is 5.75 Å². The summed E-state index contributed by atoms with van der Waals surface area (Å²) < 4.78 is 47.8. The summed E-state index contributed by atoms with van der Waals surface area (Å²) in [6, 6.07) is 7.73. The third-order valence-electron chi connectivity index (χ3n) is 5.76. The Morgan fingerprint density at radius 1 is 1.21 bits per heavy atom. The average Bonchev–Trinajstić information content (AvgIpc) is 2.69. The molecule has 2 aromatic carbocycles. The highest BCUT2D eigenvalue weighted by Gasteiger charge is 2.45. The Kier molecular flexibility index (Phi) is 6.17. The number of hydrogen-bond donors (Lipinski definition) is 1. The van der Waals surface area contributed by atoms with Gasteiger partial charge in [-0.2, -0.15) is 5.10 Å². The van der Waals surface area contributed by atoms with E-state index < -0.39 is 17.2 Å². The molecule has 0 saturated heterocycles. The van der Waals surface area contributed by atoms with E-state index in [-0.39, 0.29) is 17.3 Å². The maximum atomic E-state index is 14.2. The average molecular weight is 405 g/mol. The molecule has 1 aliphatic rings. The number of halogens is 3. The number of benzene rings is 2. The Hall–Kier alpha value is -2.54. The predicted octanol–water partition coefficient (Wildman–Crippen LogP) is 4.29. The van der Waals surface area contributed by atoms with Crippen molar-refractivity contribution in [1.82, 2.24) is 10.3 Å². The first-order chi connectivity index (χ1) is 13.8. The molecule has 4 nitrogen and oxygen atoms in total. The van der Waals surface area contributed by atoms with Crippen LogP contribution in [-0.2, 0) is 5.54 Å². The van der Waals surface area contributed by atoms with E-state index in [4.69, 9.17) is 4.74 Å². The van der Waals surface area contributed by atoms with Crippen LogP contribution >= 0.6 is 0 Å². The van der Waals surface area contributed by atoms with E-state index >= 15 is 0 Å². The molecule has 0 amide bonds. The van der Waals surface area contributed by atoms with Gasteiger partial charge in [0.15, 0.2) is 0 Å². The second kappa shape index (κ2) is 8.45. The molecule has 2 aromatic rings. The van der Waals surface area contributed by atoms with Gasteiger partial charge in [-0.05, 0) is 70.3 Å². The first kappa shape index (κ1) is 21.2. The second-order valence-electron chi connectivity index (χ2n) is 7.52. The summed E-state index contributed by atoms with van der Waals surface area (Å²) in [5.74, 6) is -0.834. The Morgan fingerprint density at radius 3 is 2.62 bits per heavy atom. The summed E-state index contributed by atoms with van der Waals surface area (Å²) in [6.07, 6.45) is 0.774. The molecule has 0 aromatic heterocycles. The second-order valence-corrected chi connectivity index (χ2v) is 7.52. The van der Waals surface area contributed by atoms with Gasteiger partial charge in [0.05, 0.1) is 17.9 Å². The third kappa shape index (κ3) is 4.10. The van der Waals surface area contributed by atoms with E-state index in [0.717, 1.165) is 31.2 Å². The van der Waals surface area contributed by atoms with Crippen molar-refractivity contribution in [2.24, 2.45) is 11.0 Å². The Balaban J connectivity index is 2.05. The number of hydrogen-bond acceptors (Lipinski definition) is 4. The van der Waals surface area contributed by atoms with Crippen LogP contribution in [0, 0.1) is 23.4 Å². The van der Waals surface area contributed by atoms with Crippen LogP contribution in [-0.4, -0.2) is 38.0 Å². The van der Waals surface area contributed by atoms with E-state index in [0.29, 0.717) is 23.6 Å². The molecule has 3 rings (SSSR count). The zero-order valence-electron chi connectivity index (χ0n) is 17.1. The third-order valence-corrected chi connectivity index (χ3v) is 5.76. The molecule has 2 unspecified atom stereocenters. The standard InChI is InChI=1S/C22H26F3N3O/c1-14(18-11-16(23)5-7-20(18)25)27-28(4)22(2)15(9-10-26-3)13-29-21-8-6-17(24)12-19(21)22/h5-8,11-12,15,26H,9-10,13H2,1-4H3/b27-14+. The zero-order chi connectivity index (χ0) is 21.2. The summed E-state index contributed by atoms with van der Waals surface area (Å²) in [4.78, 5) is 0. The highest BCUT2D eigenvalue weighted by molar-refractivity contribution is 5.98. The molecule has 1 heterocycles. The number of nitrogens with one attached hydrogen (secondary N) is 1. The lowest BCUT2D eigenvalue weighted by atomic mass is 9.75. The van der Waals surface area contributed by atoms with Crippen LogP contribution in [0.15, 0.2) is 41.5 Å². The van der Waals surface area contributed by atoms with E-state index in [1.54, 1.807) is 25.0 Å². The molecule has 1 aliphatic heterocycles. The van der Waals surface area contributed by atoms with Crippen molar-refractivity contribution in [3.63, 3.8) is 0 Å². The molecule has 0 aliphatic carbocycles. The molecule has 0 spiro atoms. The minimum absolute atomic E-state index is 0.00292. The van der Waals surface area contributed by atoms with Gasteiger partial charge in [0.1, 0.15) is 23.2 Å². The van der Waals surface area contributed by atoms with Crippen LogP contribution in [0.5, 0.6) is 5.75 Å². The smallest absolute Gasteiger partial charge is 0.132 e. The minimum Gasteiger partial charge on any atom is -0.493 e. The van der Waals surface area contributed by atoms with Crippen LogP contribution in [0.2, 0.25) is 0 Å². The fourth-order valence-corrected chi connectivity index (χ4v) is 3.88. The molecular weight excluding hydrogens is 379 g/mol. The topological polar surface area (TPSA) is 36.9 Å². The number of hydrazone groups is 1. The first-order valence-electron chi connectivity index (χ1n) is 9.59. The molecule has 0 bridgehead atoms. The maximum Gasteiger partial charge on any atom is 0.132 e. The molecule has 0 fully saturated rings. The molecule has 29 heavy (non-hydrogen) atoms. The van der Waals surface area contributed by atoms with E-state index in [9.17, 15) is 13.2 Å². The van der Waals surface area contributed by atoms with Crippen LogP contribution in [0.4, 0.5) is 13.2 Å². The largest absolute Gasteiger partial charge is 0.493 e. The molecular formula is C22H26F3N3O. The van der Waals surface area contributed by atoms with Gasteiger partial charge >= 0.3 is 0 Å². The number of nitrogens with zero attached hydrogens (tertiary/aromatic N) is 2. The number of fused-ring (bicyclic) bond motifs is 1. The van der Waals surface area contributed by atoms with E-state index in [1.807, 2.05) is 14.0 Å². The number of rotatable bonds is 6. The quantitative estimate of drug-likeness (QED) is 0.575. The highest BCUT2D eigenvalue weighted by Crippen LogP contribution is 2.45. The van der Waals surface area contributed by atoms with Crippen molar-refractivity contribution in [1.29, 1.82) is 0 Å². The van der Waals surface area contributed by atoms with Crippen LogP contribution < -0.4 is 10.1 Å². The van der Waals surface area contributed by atoms with E-state index in [2.05, 4.69) is 10.4 Å². The summed E-state index contributed by atoms with van der Waals surface area (Å²) >= 11 is 0. The van der Waals surface area contributed by atoms with Gasteiger partial charge < -0.3 is 10.1 Å². The van der Waals surface area contributed by atoms with Gasteiger partial charge in [0.25, 0.3) is 0 Å². The Labute approximate surface area is 169 Å². The van der Waals surface area contributed by atoms with Crippen molar-refractivity contribution < 1.29 is 17.9 Å². The van der Waals surface area contributed by atoms with Gasteiger partial charge in [-0.15, -0.1) is 0 Å². The normalized spacial score (nSPS) is 21.5. The summed E-state index contributed by atoms with van der Waals surface area (Å²) in [7, 11) is 3.64. The first-order valence-corrected chi connectivity index (χ1v) is 9.59. The van der Waals surface area contributed by atoms with E-state index in [1.165, 1.54) is 12.1 Å². The minimum atomic E-state index is -0.697. The van der Waals surface area contributed by atoms with Crippen molar-refractivity contribution >= 4 is 5.71 Å². The summed E-state index contributed by atoms with van der Waals surface area (Å²) in [5, 5.41) is 9.42. The summed E-state index contributed by atoms with van der Waals surface area (Å²) in [5.41, 5.74) is 0.419. The zero-order valence-corrected chi connectivity index (χ0v) is 17.1. The van der Waals surface area contributed by atoms with Gasteiger partial charge in [0, 0.05) is 24.1 Å². The lowest BCUT2D eigenvalue weighted by Crippen LogP contribution is -2.50. The molecule has 7 heteroatoms. The van der Waals surface area contributed by atoms with Crippen LogP contribution in [0.1, 0.15) is 31.4 Å². The predicted molar refractivity (Wildman–Crippen MR) is 108 cm³/mol. The SMILES string of the molecule is CNCCC1COc2ccc(F)cc2C1(C)N(C)/N=C(\C)c1cc(F)ccc1F. The van der Waals surface area contributed by atoms with Crippen LogP contribution in [0.3, 0.4) is 0 Å². The lowest BCUT2D eigenvalue weighted by molar-refractivity contribution is 0.0148. The van der Waals surface area contributed by atoms with Crippen molar-refractivity contribution in [3.05, 3.63) is 65.0 Å². The monoisotopic (exact) mass is 405 g/mol. The maximum absolute atomic E-state index is 14.2. The van der Waals surface area contributed by atoms with Gasteiger partial charge in [-0.1, -0.05) is 0 Å². The van der Waals surface area contributed by atoms with Crippen LogP contribution in [0.25, 0.3) is 0 Å². The van der Waals surface area contributed by atoms with Gasteiger partial charge in [0.2, 0.25) is 0 Å². The molecule has 0 radical (unpaired) electrons. The number of ether oxygens (including phenoxy) is 1. The van der Waals surface area contributed by atoms with Gasteiger partial charge in [-0.25, -0.2) is 13.2 Å². The Morgan fingerprint density at radius 2 is 1.90 bits per heavy atom. The molecule has 2 atom stereocenters. The fourth-order valence-electron chi connectivity index (χ4n) is 3.88. The van der Waals surface area contributed by atoms with Crippen molar-refractivity contribution in [2.75, 3.05) is 27.2 Å². The Bertz CT molecular complexity index is 918. The van der Waals surface area contributed by atoms with Crippen molar-refractivity contribution in [2.45, 2.75) is 25.8 Å².